The van der Waals surface area contributed by atoms with Crippen LogP contribution in [0.2, 0.25) is 0 Å². The number of nitrogens with zero attached hydrogens (tertiary/aromatic N) is 5. The number of anilines is 1. The monoisotopic (exact) mass is 502 g/mol. The first kappa shape index (κ1) is 24.2. The zero-order valence-electron chi connectivity index (χ0n) is 20.3. The van der Waals surface area contributed by atoms with E-state index in [-0.39, 0.29) is 29.7 Å². The molecule has 35 heavy (non-hydrogen) atoms. The Hall–Kier alpha value is -2.50. The number of sulfone groups is 1. The predicted octanol–water partition coefficient (Wildman–Crippen LogP) is 2.81. The first-order chi connectivity index (χ1) is 16.8. The minimum Gasteiger partial charge on any atom is -0.393 e. The van der Waals surface area contributed by atoms with Crippen molar-refractivity contribution in [1.82, 2.24) is 24.4 Å². The molecule has 0 bridgehead atoms. The highest BCUT2D eigenvalue weighted by Crippen LogP contribution is 2.38. The molecule has 0 unspecified atom stereocenters. The maximum atomic E-state index is 11.8. The summed E-state index contributed by atoms with van der Waals surface area (Å²) in [6.45, 7) is 2.57. The lowest BCUT2D eigenvalue weighted by atomic mass is 9.85. The van der Waals surface area contributed by atoms with E-state index >= 15 is 0 Å². The van der Waals surface area contributed by atoms with Gasteiger partial charge in [-0.05, 0) is 51.5 Å². The number of aromatic nitrogens is 5. The smallest absolute Gasteiger partial charge is 0.241 e. The van der Waals surface area contributed by atoms with Gasteiger partial charge < -0.3 is 15.2 Å². The highest BCUT2D eigenvalue weighted by molar-refractivity contribution is 7.91. The molecule has 3 aromatic rings. The minimum absolute atomic E-state index is 0.0679. The molecule has 11 heteroatoms. The standard InChI is InChI=1S/C24H34N6O4S/c1-16(15-34-2)27-24-25-13-23-21(11-22(30(23)28-24)17-3-5-20(31)6-4-17)18-12-26-29(14-18)19-7-9-35(32,33)10-8-19/h11-14,16-17,19-20,31H,3-10,15H2,1-2H3,(H,27,28)/t16-,17-,20-/m0/s1. The fourth-order valence-corrected chi connectivity index (χ4v) is 6.77. The van der Waals surface area contributed by atoms with Crippen LogP contribution in [0.15, 0.2) is 24.7 Å². The first-order valence-corrected chi connectivity index (χ1v) is 14.2. The lowest BCUT2D eigenvalue weighted by molar-refractivity contribution is 0.121. The predicted molar refractivity (Wildman–Crippen MR) is 133 cm³/mol. The number of aliphatic hydroxyl groups excluding tert-OH is 1. The summed E-state index contributed by atoms with van der Waals surface area (Å²) in [6, 6.07) is 2.34. The number of rotatable bonds is 7. The van der Waals surface area contributed by atoms with Crippen LogP contribution in [0, 0.1) is 0 Å². The number of aliphatic hydroxyl groups is 1. The molecule has 1 atom stereocenters. The molecule has 4 heterocycles. The van der Waals surface area contributed by atoms with Gasteiger partial charge in [-0.25, -0.2) is 17.9 Å². The summed E-state index contributed by atoms with van der Waals surface area (Å²) in [4.78, 5) is 4.57. The van der Waals surface area contributed by atoms with E-state index in [0.29, 0.717) is 31.3 Å². The largest absolute Gasteiger partial charge is 0.393 e. The molecule has 2 aliphatic rings. The third-order valence-electron chi connectivity index (χ3n) is 7.26. The lowest BCUT2D eigenvalue weighted by Crippen LogP contribution is -2.25. The molecule has 0 amide bonds. The Bertz CT molecular complexity index is 1260. The maximum absolute atomic E-state index is 11.8. The van der Waals surface area contributed by atoms with E-state index in [1.807, 2.05) is 34.7 Å². The number of hydrogen-bond acceptors (Lipinski definition) is 8. The summed E-state index contributed by atoms with van der Waals surface area (Å²) in [5, 5.41) is 22.7. The van der Waals surface area contributed by atoms with Gasteiger partial charge in [0.05, 0.1) is 48.2 Å². The van der Waals surface area contributed by atoms with Crippen LogP contribution in [0.1, 0.15) is 63.1 Å². The van der Waals surface area contributed by atoms with Gasteiger partial charge in [-0.3, -0.25) is 4.68 Å². The average molecular weight is 503 g/mol. The van der Waals surface area contributed by atoms with Crippen molar-refractivity contribution in [3.05, 3.63) is 30.4 Å². The van der Waals surface area contributed by atoms with Crippen molar-refractivity contribution in [3.8, 4) is 11.1 Å². The van der Waals surface area contributed by atoms with Gasteiger partial charge in [0.1, 0.15) is 9.84 Å². The van der Waals surface area contributed by atoms with Crippen molar-refractivity contribution in [2.75, 3.05) is 30.5 Å². The molecule has 0 spiro atoms. The van der Waals surface area contributed by atoms with Gasteiger partial charge in [0, 0.05) is 42.1 Å². The SMILES string of the molecule is COC[C@H](C)Nc1ncc2c(-c3cnn(C4CCS(=O)(=O)CC4)c3)cc([C@H]3CC[C@H](O)CC3)n2n1. The van der Waals surface area contributed by atoms with E-state index in [1.54, 1.807) is 7.11 Å². The van der Waals surface area contributed by atoms with Crippen molar-refractivity contribution in [3.63, 3.8) is 0 Å². The maximum Gasteiger partial charge on any atom is 0.241 e. The number of fused-ring (bicyclic) bond motifs is 1. The molecule has 190 valence electrons. The van der Waals surface area contributed by atoms with Gasteiger partial charge >= 0.3 is 0 Å². The van der Waals surface area contributed by atoms with Crippen LogP contribution < -0.4 is 5.32 Å². The van der Waals surface area contributed by atoms with Crippen molar-refractivity contribution in [2.45, 2.75) is 69.6 Å². The number of nitrogens with one attached hydrogen (secondary N) is 1. The van der Waals surface area contributed by atoms with Gasteiger partial charge in [0.15, 0.2) is 0 Å². The molecule has 0 aromatic carbocycles. The number of hydrogen-bond donors (Lipinski definition) is 2. The molecule has 1 aliphatic heterocycles. The topological polar surface area (TPSA) is 124 Å². The summed E-state index contributed by atoms with van der Waals surface area (Å²) in [5.74, 6) is 1.27. The normalized spacial score (nSPS) is 24.0. The molecule has 1 saturated carbocycles. The molecule has 3 aromatic heterocycles. The van der Waals surface area contributed by atoms with E-state index in [2.05, 4.69) is 21.5 Å². The van der Waals surface area contributed by atoms with Crippen molar-refractivity contribution < 1.29 is 18.3 Å². The quantitative estimate of drug-likeness (QED) is 0.506. The van der Waals surface area contributed by atoms with E-state index < -0.39 is 9.84 Å². The van der Waals surface area contributed by atoms with Crippen molar-refractivity contribution >= 4 is 21.3 Å². The second-order valence-electron chi connectivity index (χ2n) is 9.96. The molecular weight excluding hydrogens is 468 g/mol. The van der Waals surface area contributed by atoms with Crippen molar-refractivity contribution in [2.24, 2.45) is 0 Å². The summed E-state index contributed by atoms with van der Waals surface area (Å²) in [6.07, 6.45) is 10.1. The van der Waals surface area contributed by atoms with E-state index in [4.69, 9.17) is 9.84 Å². The van der Waals surface area contributed by atoms with Crippen LogP contribution in [0.3, 0.4) is 0 Å². The van der Waals surface area contributed by atoms with Crippen LogP contribution in [0.25, 0.3) is 16.6 Å². The van der Waals surface area contributed by atoms with E-state index in [0.717, 1.165) is 48.0 Å². The van der Waals surface area contributed by atoms with Crippen LogP contribution >= 0.6 is 0 Å². The second-order valence-corrected chi connectivity index (χ2v) is 12.3. The zero-order valence-corrected chi connectivity index (χ0v) is 21.1. The van der Waals surface area contributed by atoms with E-state index in [9.17, 15) is 13.5 Å². The highest BCUT2D eigenvalue weighted by Gasteiger charge is 2.28. The Morgan fingerprint density at radius 2 is 1.91 bits per heavy atom. The molecule has 5 rings (SSSR count). The van der Waals surface area contributed by atoms with Gasteiger partial charge in [-0.15, -0.1) is 5.10 Å². The van der Waals surface area contributed by atoms with Gasteiger partial charge in [-0.1, -0.05) is 0 Å². The van der Waals surface area contributed by atoms with Gasteiger partial charge in [0.25, 0.3) is 0 Å². The Kier molecular flexibility index (Phi) is 6.82. The van der Waals surface area contributed by atoms with Gasteiger partial charge in [0.2, 0.25) is 5.95 Å². The fraction of sp³-hybridized carbons (Fsp3) is 0.625. The molecular formula is C24H34N6O4S. The molecule has 2 N–H and O–H groups in total. The van der Waals surface area contributed by atoms with Crippen LogP contribution in [-0.4, -0.2) is 75.3 Å². The zero-order chi connectivity index (χ0) is 24.6. The van der Waals surface area contributed by atoms with Crippen LogP contribution in [0.4, 0.5) is 5.95 Å². The molecule has 1 saturated heterocycles. The number of methoxy groups -OCH3 is 1. The fourth-order valence-electron chi connectivity index (χ4n) is 5.31. The number of ether oxygens (including phenoxy) is 1. The third-order valence-corrected chi connectivity index (χ3v) is 8.98. The highest BCUT2D eigenvalue weighted by atomic mass is 32.2. The molecule has 10 nitrogen and oxygen atoms in total. The lowest BCUT2D eigenvalue weighted by Gasteiger charge is -2.25. The summed E-state index contributed by atoms with van der Waals surface area (Å²) >= 11 is 0. The first-order valence-electron chi connectivity index (χ1n) is 12.4. The third kappa shape index (κ3) is 5.22. The Morgan fingerprint density at radius 3 is 2.63 bits per heavy atom. The second kappa shape index (κ2) is 9.87. The average Bonchev–Trinajstić information content (AvgIpc) is 3.45. The van der Waals surface area contributed by atoms with E-state index in [1.165, 1.54) is 0 Å². The molecule has 2 fully saturated rings. The Morgan fingerprint density at radius 1 is 1.17 bits per heavy atom. The molecule has 0 radical (unpaired) electrons. The van der Waals surface area contributed by atoms with Crippen LogP contribution in [-0.2, 0) is 14.6 Å². The molecule has 1 aliphatic carbocycles. The summed E-state index contributed by atoms with van der Waals surface area (Å²) < 4.78 is 32.8. The summed E-state index contributed by atoms with van der Waals surface area (Å²) in [7, 11) is -1.25. The van der Waals surface area contributed by atoms with Crippen LogP contribution in [0.5, 0.6) is 0 Å². The van der Waals surface area contributed by atoms with Crippen molar-refractivity contribution in [1.29, 1.82) is 0 Å². The van der Waals surface area contributed by atoms with Gasteiger partial charge in [-0.2, -0.15) is 5.10 Å². The minimum atomic E-state index is -2.92. The Balaban J connectivity index is 1.49. The Labute approximate surface area is 205 Å². The summed E-state index contributed by atoms with van der Waals surface area (Å²) in [5.41, 5.74) is 4.00.